The van der Waals surface area contributed by atoms with Gasteiger partial charge < -0.3 is 9.84 Å². The Kier molecular flexibility index (Phi) is 4.44. The molecular weight excluding hydrogens is 288 g/mol. The quantitative estimate of drug-likeness (QED) is 0.786. The van der Waals surface area contributed by atoms with Crippen LogP contribution in [-0.4, -0.2) is 22.0 Å². The Labute approximate surface area is 136 Å². The minimum Gasteiger partial charge on any atom is -0.496 e. The number of aliphatic hydroxyl groups excluding tert-OH is 1. The molecule has 1 aromatic heterocycles. The van der Waals surface area contributed by atoms with Gasteiger partial charge in [0.2, 0.25) is 0 Å². The molecule has 23 heavy (non-hydrogen) atoms. The van der Waals surface area contributed by atoms with Crippen LogP contribution in [0, 0.1) is 6.92 Å². The fourth-order valence-corrected chi connectivity index (χ4v) is 2.69. The summed E-state index contributed by atoms with van der Waals surface area (Å²) in [5.74, 6) is 0.866. The van der Waals surface area contributed by atoms with Gasteiger partial charge >= 0.3 is 0 Å². The number of hydrogen-bond donors (Lipinski definition) is 1. The molecule has 3 aromatic rings. The highest BCUT2D eigenvalue weighted by Crippen LogP contribution is 2.27. The van der Waals surface area contributed by atoms with Gasteiger partial charge in [-0.3, -0.25) is 4.68 Å². The normalized spacial score (nSPS) is 10.7. The number of rotatable bonds is 5. The third-order valence-electron chi connectivity index (χ3n) is 3.86. The van der Waals surface area contributed by atoms with Gasteiger partial charge in [-0.2, -0.15) is 5.10 Å². The van der Waals surface area contributed by atoms with E-state index in [0.29, 0.717) is 12.2 Å². The number of hydrogen-bond acceptors (Lipinski definition) is 3. The lowest BCUT2D eigenvalue weighted by atomic mass is 10.1. The molecule has 0 aliphatic rings. The molecule has 3 rings (SSSR count). The van der Waals surface area contributed by atoms with Crippen LogP contribution >= 0.6 is 0 Å². The predicted molar refractivity (Wildman–Crippen MR) is 90.4 cm³/mol. The minimum atomic E-state index is -0.0655. The van der Waals surface area contributed by atoms with E-state index in [4.69, 9.17) is 4.74 Å². The zero-order valence-corrected chi connectivity index (χ0v) is 13.4. The number of methoxy groups -OCH3 is 1. The summed E-state index contributed by atoms with van der Waals surface area (Å²) in [7, 11) is 1.67. The van der Waals surface area contributed by atoms with Crippen LogP contribution in [0.15, 0.2) is 54.6 Å². The Morgan fingerprint density at radius 3 is 2.52 bits per heavy atom. The molecular formula is C19H20N2O2. The number of aryl methyl sites for hydroxylation is 1. The number of benzene rings is 2. The number of aliphatic hydroxyl groups is 1. The van der Waals surface area contributed by atoms with Crippen molar-refractivity contribution in [1.82, 2.24) is 9.78 Å². The highest BCUT2D eigenvalue weighted by molar-refractivity contribution is 5.63. The molecule has 0 saturated carbocycles. The summed E-state index contributed by atoms with van der Waals surface area (Å²) in [6.45, 7) is 2.62. The first-order chi connectivity index (χ1) is 11.2. The van der Waals surface area contributed by atoms with Crippen LogP contribution in [0.25, 0.3) is 11.3 Å². The van der Waals surface area contributed by atoms with Gasteiger partial charge in [-0.15, -0.1) is 0 Å². The first kappa shape index (κ1) is 15.3. The maximum absolute atomic E-state index is 9.43. The highest BCUT2D eigenvalue weighted by Gasteiger charge is 2.11. The van der Waals surface area contributed by atoms with E-state index < -0.39 is 0 Å². The van der Waals surface area contributed by atoms with Gasteiger partial charge in [0, 0.05) is 5.56 Å². The summed E-state index contributed by atoms with van der Waals surface area (Å²) in [6.07, 6.45) is 0. The van der Waals surface area contributed by atoms with Gasteiger partial charge in [0.25, 0.3) is 0 Å². The van der Waals surface area contributed by atoms with Gasteiger partial charge in [0.1, 0.15) is 5.75 Å². The van der Waals surface area contributed by atoms with E-state index in [1.807, 2.05) is 48.0 Å². The van der Waals surface area contributed by atoms with Crippen LogP contribution in [0.2, 0.25) is 0 Å². The number of aromatic nitrogens is 2. The Morgan fingerprint density at radius 1 is 1.09 bits per heavy atom. The summed E-state index contributed by atoms with van der Waals surface area (Å²) in [5.41, 5.74) is 4.97. The standard InChI is InChI=1S/C19H20N2O2/c1-14-10-16(8-9-19(14)23-2)18-11-17(13-22)20-21(18)12-15-6-4-3-5-7-15/h3-11,22H,12-13H2,1-2H3. The van der Waals surface area contributed by atoms with Crippen molar-refractivity contribution in [1.29, 1.82) is 0 Å². The molecule has 0 atom stereocenters. The first-order valence-electron chi connectivity index (χ1n) is 7.58. The largest absolute Gasteiger partial charge is 0.496 e. The monoisotopic (exact) mass is 308 g/mol. The molecule has 2 aromatic carbocycles. The molecule has 0 spiro atoms. The zero-order chi connectivity index (χ0) is 16.2. The van der Waals surface area contributed by atoms with E-state index in [1.165, 1.54) is 5.56 Å². The van der Waals surface area contributed by atoms with Gasteiger partial charge in [0.15, 0.2) is 0 Å². The van der Waals surface area contributed by atoms with Crippen molar-refractivity contribution in [2.24, 2.45) is 0 Å². The van der Waals surface area contributed by atoms with Crippen molar-refractivity contribution in [3.63, 3.8) is 0 Å². The average Bonchev–Trinajstić information content (AvgIpc) is 2.98. The molecule has 4 heteroatoms. The zero-order valence-electron chi connectivity index (χ0n) is 13.4. The van der Waals surface area contributed by atoms with Gasteiger partial charge in [-0.25, -0.2) is 0 Å². The van der Waals surface area contributed by atoms with E-state index in [2.05, 4.69) is 23.3 Å². The SMILES string of the molecule is COc1ccc(-c2cc(CO)nn2Cc2ccccc2)cc1C. The van der Waals surface area contributed by atoms with E-state index in [9.17, 15) is 5.11 Å². The van der Waals surface area contributed by atoms with Crippen molar-refractivity contribution in [2.45, 2.75) is 20.1 Å². The second kappa shape index (κ2) is 6.67. The Bertz CT molecular complexity index is 794. The van der Waals surface area contributed by atoms with Crippen LogP contribution < -0.4 is 4.74 Å². The molecule has 0 radical (unpaired) electrons. The van der Waals surface area contributed by atoms with Crippen LogP contribution in [0.1, 0.15) is 16.8 Å². The molecule has 0 fully saturated rings. The van der Waals surface area contributed by atoms with E-state index in [0.717, 1.165) is 22.6 Å². The molecule has 4 nitrogen and oxygen atoms in total. The molecule has 0 bridgehead atoms. The second-order valence-corrected chi connectivity index (χ2v) is 5.51. The molecule has 0 amide bonds. The van der Waals surface area contributed by atoms with Crippen LogP contribution in [0.5, 0.6) is 5.75 Å². The maximum Gasteiger partial charge on any atom is 0.121 e. The van der Waals surface area contributed by atoms with Crippen molar-refractivity contribution in [2.75, 3.05) is 7.11 Å². The predicted octanol–water partition coefficient (Wildman–Crippen LogP) is 3.41. The van der Waals surface area contributed by atoms with Crippen molar-refractivity contribution in [3.05, 3.63) is 71.4 Å². The summed E-state index contributed by atoms with van der Waals surface area (Å²) < 4.78 is 7.26. The average molecular weight is 308 g/mol. The molecule has 0 aliphatic heterocycles. The smallest absolute Gasteiger partial charge is 0.121 e. The van der Waals surface area contributed by atoms with Gasteiger partial charge in [0.05, 0.1) is 31.6 Å². The lowest BCUT2D eigenvalue weighted by Crippen LogP contribution is -2.04. The maximum atomic E-state index is 9.43. The highest BCUT2D eigenvalue weighted by atomic mass is 16.5. The summed E-state index contributed by atoms with van der Waals surface area (Å²) >= 11 is 0. The third kappa shape index (κ3) is 3.27. The number of nitrogens with zero attached hydrogens (tertiary/aromatic N) is 2. The molecule has 1 N–H and O–H groups in total. The lowest BCUT2D eigenvalue weighted by molar-refractivity contribution is 0.275. The summed E-state index contributed by atoms with van der Waals surface area (Å²) in [4.78, 5) is 0. The lowest BCUT2D eigenvalue weighted by Gasteiger charge is -2.10. The van der Waals surface area contributed by atoms with Crippen LogP contribution in [-0.2, 0) is 13.2 Å². The Morgan fingerprint density at radius 2 is 1.87 bits per heavy atom. The topological polar surface area (TPSA) is 47.3 Å². The molecule has 0 unspecified atom stereocenters. The first-order valence-corrected chi connectivity index (χ1v) is 7.58. The van der Waals surface area contributed by atoms with Crippen LogP contribution in [0.3, 0.4) is 0 Å². The molecule has 118 valence electrons. The summed E-state index contributed by atoms with van der Waals surface area (Å²) in [6, 6.07) is 18.2. The Hall–Kier alpha value is -2.59. The minimum absolute atomic E-state index is 0.0655. The van der Waals surface area contributed by atoms with E-state index in [-0.39, 0.29) is 6.61 Å². The molecule has 0 saturated heterocycles. The van der Waals surface area contributed by atoms with Gasteiger partial charge in [-0.1, -0.05) is 30.3 Å². The Balaban J connectivity index is 2.01. The van der Waals surface area contributed by atoms with Crippen molar-refractivity contribution >= 4 is 0 Å². The van der Waals surface area contributed by atoms with Crippen molar-refractivity contribution in [3.8, 4) is 17.0 Å². The van der Waals surface area contributed by atoms with Crippen molar-refractivity contribution < 1.29 is 9.84 Å². The van der Waals surface area contributed by atoms with E-state index >= 15 is 0 Å². The third-order valence-corrected chi connectivity index (χ3v) is 3.86. The van der Waals surface area contributed by atoms with Gasteiger partial charge in [-0.05, 0) is 42.3 Å². The molecule has 0 aliphatic carbocycles. The summed E-state index contributed by atoms with van der Waals surface area (Å²) in [5, 5.41) is 13.9. The van der Waals surface area contributed by atoms with Crippen LogP contribution in [0.4, 0.5) is 0 Å². The second-order valence-electron chi connectivity index (χ2n) is 5.51. The fraction of sp³-hybridized carbons (Fsp3) is 0.211. The van der Waals surface area contributed by atoms with E-state index in [1.54, 1.807) is 7.11 Å². The fourth-order valence-electron chi connectivity index (χ4n) is 2.69. The molecule has 1 heterocycles. The number of ether oxygens (including phenoxy) is 1.